The van der Waals surface area contributed by atoms with Crippen molar-refractivity contribution in [3.8, 4) is 0 Å². The van der Waals surface area contributed by atoms with Gasteiger partial charge in [-0.1, -0.05) is 13.3 Å². The number of carbonyl (C=O) groups is 1. The van der Waals surface area contributed by atoms with E-state index in [1.54, 1.807) is 0 Å². The first-order valence-corrected chi connectivity index (χ1v) is 6.80. The number of rotatable bonds is 6. The topological polar surface area (TPSA) is 23.6 Å². The van der Waals surface area contributed by atoms with Gasteiger partial charge >= 0.3 is 6.43 Å². The third-order valence-corrected chi connectivity index (χ3v) is 3.58. The molecule has 0 bridgehead atoms. The van der Waals surface area contributed by atoms with E-state index in [9.17, 15) is 13.6 Å². The Morgan fingerprint density at radius 1 is 1.39 bits per heavy atom. The van der Waals surface area contributed by atoms with Crippen LogP contribution >= 0.6 is 0 Å². The van der Waals surface area contributed by atoms with Gasteiger partial charge in [0.25, 0.3) is 5.91 Å². The van der Waals surface area contributed by atoms with Gasteiger partial charge in [-0.2, -0.15) is 8.78 Å². The van der Waals surface area contributed by atoms with Crippen LogP contribution in [0.4, 0.5) is 8.78 Å². The Balaban J connectivity index is 2.25. The number of amides is 1. The summed E-state index contributed by atoms with van der Waals surface area (Å²) in [4.78, 5) is 14.7. The van der Waals surface area contributed by atoms with Gasteiger partial charge < -0.3 is 9.80 Å². The molecule has 0 spiro atoms. The van der Waals surface area contributed by atoms with Crippen molar-refractivity contribution in [1.82, 2.24) is 9.80 Å². The fourth-order valence-corrected chi connectivity index (χ4v) is 2.43. The highest BCUT2D eigenvalue weighted by molar-refractivity contribution is 5.79. The molecular formula is C13H24F2N2O. The van der Waals surface area contributed by atoms with E-state index < -0.39 is 12.3 Å². The molecule has 1 aliphatic rings. The minimum Gasteiger partial charge on any atom is -0.338 e. The van der Waals surface area contributed by atoms with Crippen molar-refractivity contribution < 1.29 is 13.6 Å². The van der Waals surface area contributed by atoms with Crippen molar-refractivity contribution in [3.63, 3.8) is 0 Å². The summed E-state index contributed by atoms with van der Waals surface area (Å²) in [5, 5.41) is 0. The molecule has 1 saturated heterocycles. The van der Waals surface area contributed by atoms with Crippen LogP contribution in [-0.4, -0.2) is 55.4 Å². The molecule has 5 heteroatoms. The number of nitrogens with zero attached hydrogens (tertiary/aromatic N) is 2. The highest BCUT2D eigenvalue weighted by Crippen LogP contribution is 2.19. The molecule has 0 aromatic heterocycles. The standard InChI is InChI=1S/C13H24F2N2O/c1-3-4-7-16(2)10-11-5-8-17(9-6-11)13(18)12(14)15/h11-12H,3-10H2,1-2H3. The highest BCUT2D eigenvalue weighted by Gasteiger charge is 2.28. The van der Waals surface area contributed by atoms with Gasteiger partial charge in [0, 0.05) is 19.6 Å². The molecule has 1 amide bonds. The first-order chi connectivity index (χ1) is 8.54. The van der Waals surface area contributed by atoms with Gasteiger partial charge in [-0.15, -0.1) is 0 Å². The minimum atomic E-state index is -2.85. The fraction of sp³-hybridized carbons (Fsp3) is 0.923. The predicted octanol–water partition coefficient (Wildman–Crippen LogP) is 2.22. The predicted molar refractivity (Wildman–Crippen MR) is 67.7 cm³/mol. The molecule has 18 heavy (non-hydrogen) atoms. The second kappa shape index (κ2) is 7.67. The van der Waals surface area contributed by atoms with E-state index in [0.717, 1.165) is 25.9 Å². The first-order valence-electron chi connectivity index (χ1n) is 6.80. The van der Waals surface area contributed by atoms with E-state index in [1.807, 2.05) is 0 Å². The van der Waals surface area contributed by atoms with Crippen molar-refractivity contribution in [2.45, 2.75) is 39.0 Å². The molecule has 0 aliphatic carbocycles. The summed E-state index contributed by atoms with van der Waals surface area (Å²) >= 11 is 0. The number of carbonyl (C=O) groups excluding carboxylic acids is 1. The number of piperidine rings is 1. The smallest absolute Gasteiger partial charge is 0.315 e. The molecule has 106 valence electrons. The highest BCUT2D eigenvalue weighted by atomic mass is 19.3. The molecule has 0 radical (unpaired) electrons. The zero-order valence-corrected chi connectivity index (χ0v) is 11.4. The van der Waals surface area contributed by atoms with Gasteiger partial charge in [-0.05, 0) is 38.8 Å². The van der Waals surface area contributed by atoms with Gasteiger partial charge in [0.1, 0.15) is 0 Å². The normalized spacial score (nSPS) is 17.8. The maximum Gasteiger partial charge on any atom is 0.315 e. The van der Waals surface area contributed by atoms with Crippen molar-refractivity contribution >= 4 is 5.91 Å². The summed E-state index contributed by atoms with van der Waals surface area (Å²) in [6, 6.07) is 0. The van der Waals surface area contributed by atoms with Gasteiger partial charge in [-0.25, -0.2) is 0 Å². The van der Waals surface area contributed by atoms with E-state index in [2.05, 4.69) is 18.9 Å². The lowest BCUT2D eigenvalue weighted by Crippen LogP contribution is -2.43. The first kappa shape index (κ1) is 15.3. The second-order valence-corrected chi connectivity index (χ2v) is 5.19. The third kappa shape index (κ3) is 4.88. The monoisotopic (exact) mass is 262 g/mol. The van der Waals surface area contributed by atoms with Crippen LogP contribution in [-0.2, 0) is 4.79 Å². The van der Waals surface area contributed by atoms with Gasteiger partial charge in [0.05, 0.1) is 0 Å². The zero-order valence-electron chi connectivity index (χ0n) is 11.4. The lowest BCUT2D eigenvalue weighted by atomic mass is 9.96. The van der Waals surface area contributed by atoms with Crippen molar-refractivity contribution in [3.05, 3.63) is 0 Å². The molecule has 1 fully saturated rings. The number of hydrogen-bond donors (Lipinski definition) is 0. The van der Waals surface area contributed by atoms with Crippen LogP contribution < -0.4 is 0 Å². The zero-order chi connectivity index (χ0) is 13.5. The van der Waals surface area contributed by atoms with E-state index >= 15 is 0 Å². The quantitative estimate of drug-likeness (QED) is 0.733. The summed E-state index contributed by atoms with van der Waals surface area (Å²) in [7, 11) is 2.10. The Morgan fingerprint density at radius 2 is 2.00 bits per heavy atom. The number of halogens is 2. The average molecular weight is 262 g/mol. The van der Waals surface area contributed by atoms with Crippen LogP contribution in [0.2, 0.25) is 0 Å². The number of alkyl halides is 2. The van der Waals surface area contributed by atoms with Crippen LogP contribution in [0, 0.1) is 5.92 Å². The van der Waals surface area contributed by atoms with E-state index in [-0.39, 0.29) is 0 Å². The molecule has 0 unspecified atom stereocenters. The lowest BCUT2D eigenvalue weighted by Gasteiger charge is -2.33. The maximum atomic E-state index is 12.3. The Kier molecular flexibility index (Phi) is 6.54. The molecule has 0 aromatic carbocycles. The van der Waals surface area contributed by atoms with Crippen LogP contribution in [0.5, 0.6) is 0 Å². The molecule has 0 atom stereocenters. The molecule has 1 aliphatic heterocycles. The van der Waals surface area contributed by atoms with Crippen LogP contribution in [0.15, 0.2) is 0 Å². The van der Waals surface area contributed by atoms with E-state index in [4.69, 9.17) is 0 Å². The molecular weight excluding hydrogens is 238 g/mol. The number of unbranched alkanes of at least 4 members (excludes halogenated alkanes) is 1. The maximum absolute atomic E-state index is 12.3. The van der Waals surface area contributed by atoms with Gasteiger partial charge in [0.15, 0.2) is 0 Å². The molecule has 3 nitrogen and oxygen atoms in total. The lowest BCUT2D eigenvalue weighted by molar-refractivity contribution is -0.144. The third-order valence-electron chi connectivity index (χ3n) is 3.58. The van der Waals surface area contributed by atoms with Gasteiger partial charge in [-0.3, -0.25) is 4.79 Å². The average Bonchev–Trinajstić information content (AvgIpc) is 2.36. The Labute approximate surface area is 108 Å². The second-order valence-electron chi connectivity index (χ2n) is 5.19. The Hall–Kier alpha value is -0.710. The summed E-state index contributed by atoms with van der Waals surface area (Å²) in [6.45, 7) is 5.23. The van der Waals surface area contributed by atoms with E-state index in [0.29, 0.717) is 19.0 Å². The molecule has 1 rings (SSSR count). The summed E-state index contributed by atoms with van der Waals surface area (Å²) in [6.07, 6.45) is 1.21. The number of likely N-dealkylation sites (tertiary alicyclic amines) is 1. The summed E-state index contributed by atoms with van der Waals surface area (Å²) in [5.74, 6) is -0.471. The minimum absolute atomic E-state index is 0.482. The van der Waals surface area contributed by atoms with Crippen molar-refractivity contribution in [2.75, 3.05) is 33.2 Å². The van der Waals surface area contributed by atoms with Crippen LogP contribution in [0.25, 0.3) is 0 Å². The Bertz CT molecular complexity index is 253. The summed E-state index contributed by atoms with van der Waals surface area (Å²) < 4.78 is 24.5. The van der Waals surface area contributed by atoms with E-state index in [1.165, 1.54) is 17.7 Å². The molecule has 0 N–H and O–H groups in total. The Morgan fingerprint density at radius 3 is 2.50 bits per heavy atom. The number of hydrogen-bond acceptors (Lipinski definition) is 2. The summed E-state index contributed by atoms with van der Waals surface area (Å²) in [5.41, 5.74) is 0. The van der Waals surface area contributed by atoms with Crippen LogP contribution in [0.1, 0.15) is 32.6 Å². The largest absolute Gasteiger partial charge is 0.338 e. The SMILES string of the molecule is CCCCN(C)CC1CCN(C(=O)C(F)F)CC1. The fourth-order valence-electron chi connectivity index (χ4n) is 2.43. The van der Waals surface area contributed by atoms with Crippen molar-refractivity contribution in [2.24, 2.45) is 5.92 Å². The molecule has 0 aromatic rings. The van der Waals surface area contributed by atoms with Gasteiger partial charge in [0.2, 0.25) is 0 Å². The molecule has 1 heterocycles. The van der Waals surface area contributed by atoms with Crippen molar-refractivity contribution in [1.29, 1.82) is 0 Å². The molecule has 0 saturated carbocycles. The van der Waals surface area contributed by atoms with Crippen LogP contribution in [0.3, 0.4) is 0 Å².